The minimum atomic E-state index is -0.487. The summed E-state index contributed by atoms with van der Waals surface area (Å²) < 4.78 is 0. The van der Waals surface area contributed by atoms with Gasteiger partial charge in [-0.15, -0.1) is 0 Å². The van der Waals surface area contributed by atoms with Crippen molar-refractivity contribution in [1.82, 2.24) is 5.06 Å². The number of hydroxylamine groups is 2. The number of carbonyl (C=O) groups excluding carboxylic acids is 2. The average molecular weight is 185 g/mol. The van der Waals surface area contributed by atoms with Crippen LogP contribution in [-0.4, -0.2) is 22.1 Å². The number of carbonyl (C=O) groups is 2. The van der Waals surface area contributed by atoms with Crippen LogP contribution in [-0.2, 0) is 9.59 Å². The zero-order valence-corrected chi connectivity index (χ0v) is 8.20. The predicted octanol–water partition coefficient (Wildman–Crippen LogP) is 1.19. The van der Waals surface area contributed by atoms with Gasteiger partial charge in [0.05, 0.1) is 5.92 Å². The maximum Gasteiger partial charge on any atom is 0.256 e. The third kappa shape index (κ3) is 2.28. The Morgan fingerprint density at radius 1 is 1.46 bits per heavy atom. The van der Waals surface area contributed by atoms with Gasteiger partial charge in [0.1, 0.15) is 0 Å². The molecule has 0 radical (unpaired) electrons. The van der Waals surface area contributed by atoms with E-state index in [-0.39, 0.29) is 22.8 Å². The zero-order chi connectivity index (χ0) is 10.2. The molecule has 1 fully saturated rings. The maximum absolute atomic E-state index is 11.2. The molecule has 74 valence electrons. The lowest BCUT2D eigenvalue weighted by Gasteiger charge is -2.20. The summed E-state index contributed by atoms with van der Waals surface area (Å²) in [4.78, 5) is 22.2. The van der Waals surface area contributed by atoms with Crippen LogP contribution in [0.2, 0.25) is 0 Å². The van der Waals surface area contributed by atoms with Crippen LogP contribution in [0.5, 0.6) is 0 Å². The van der Waals surface area contributed by atoms with Crippen LogP contribution >= 0.6 is 0 Å². The standard InChI is InChI=1S/C9H15NO3/c1-9(2,3)5-6-4-7(11)10(13)8(6)12/h6,13H,4-5H2,1-3H3. The van der Waals surface area contributed by atoms with Crippen molar-refractivity contribution < 1.29 is 14.8 Å². The molecular weight excluding hydrogens is 170 g/mol. The van der Waals surface area contributed by atoms with E-state index in [0.717, 1.165) is 0 Å². The third-order valence-electron chi connectivity index (χ3n) is 2.07. The summed E-state index contributed by atoms with van der Waals surface area (Å²) in [6.45, 7) is 6.01. The molecule has 13 heavy (non-hydrogen) atoms. The van der Waals surface area contributed by atoms with Gasteiger partial charge in [-0.05, 0) is 11.8 Å². The van der Waals surface area contributed by atoms with E-state index in [1.807, 2.05) is 20.8 Å². The fourth-order valence-corrected chi connectivity index (χ4v) is 1.58. The van der Waals surface area contributed by atoms with E-state index in [2.05, 4.69) is 0 Å². The number of imide groups is 1. The summed E-state index contributed by atoms with van der Waals surface area (Å²) in [7, 11) is 0. The number of nitrogens with zero attached hydrogens (tertiary/aromatic N) is 1. The average Bonchev–Trinajstić information content (AvgIpc) is 2.15. The Kier molecular flexibility index (Phi) is 2.43. The van der Waals surface area contributed by atoms with Gasteiger partial charge in [0.15, 0.2) is 0 Å². The molecule has 1 unspecified atom stereocenters. The molecule has 1 aliphatic rings. The molecule has 0 spiro atoms. The summed E-state index contributed by atoms with van der Waals surface area (Å²) in [5.41, 5.74) is 0.00574. The molecule has 0 aromatic carbocycles. The maximum atomic E-state index is 11.2. The summed E-state index contributed by atoms with van der Waals surface area (Å²) in [6, 6.07) is 0. The first-order chi connectivity index (χ1) is 5.81. The Morgan fingerprint density at radius 3 is 2.31 bits per heavy atom. The van der Waals surface area contributed by atoms with Crippen molar-refractivity contribution in [3.8, 4) is 0 Å². The zero-order valence-electron chi connectivity index (χ0n) is 8.20. The minimum Gasteiger partial charge on any atom is -0.279 e. The normalized spacial score (nSPS) is 24.3. The molecular formula is C9H15NO3. The summed E-state index contributed by atoms with van der Waals surface area (Å²) in [5.74, 6) is -1.28. The van der Waals surface area contributed by atoms with Crippen molar-refractivity contribution >= 4 is 11.8 Å². The van der Waals surface area contributed by atoms with E-state index in [9.17, 15) is 9.59 Å². The predicted molar refractivity (Wildman–Crippen MR) is 45.8 cm³/mol. The topological polar surface area (TPSA) is 57.6 Å². The van der Waals surface area contributed by atoms with Gasteiger partial charge in [-0.2, -0.15) is 5.06 Å². The van der Waals surface area contributed by atoms with Gasteiger partial charge >= 0.3 is 0 Å². The lowest BCUT2D eigenvalue weighted by atomic mass is 9.84. The highest BCUT2D eigenvalue weighted by atomic mass is 16.5. The number of hydrogen-bond donors (Lipinski definition) is 1. The monoisotopic (exact) mass is 185 g/mol. The van der Waals surface area contributed by atoms with E-state index >= 15 is 0 Å². The van der Waals surface area contributed by atoms with Crippen LogP contribution in [0.25, 0.3) is 0 Å². The van der Waals surface area contributed by atoms with Gasteiger partial charge in [0, 0.05) is 6.42 Å². The molecule has 1 rings (SSSR count). The molecule has 4 nitrogen and oxygen atoms in total. The van der Waals surface area contributed by atoms with Gasteiger partial charge in [-0.3, -0.25) is 14.8 Å². The van der Waals surface area contributed by atoms with Crippen LogP contribution < -0.4 is 0 Å². The molecule has 1 N–H and O–H groups in total. The van der Waals surface area contributed by atoms with Crippen molar-refractivity contribution in [1.29, 1.82) is 0 Å². The molecule has 0 saturated carbocycles. The first-order valence-electron chi connectivity index (χ1n) is 4.37. The quantitative estimate of drug-likeness (QED) is 0.493. The first-order valence-corrected chi connectivity index (χ1v) is 4.37. The van der Waals surface area contributed by atoms with Crippen molar-refractivity contribution in [3.63, 3.8) is 0 Å². The van der Waals surface area contributed by atoms with Crippen molar-refractivity contribution in [3.05, 3.63) is 0 Å². The van der Waals surface area contributed by atoms with Gasteiger partial charge in [0.2, 0.25) is 0 Å². The largest absolute Gasteiger partial charge is 0.279 e. The van der Waals surface area contributed by atoms with Crippen molar-refractivity contribution in [2.75, 3.05) is 0 Å². The number of hydrogen-bond acceptors (Lipinski definition) is 3. The number of rotatable bonds is 1. The summed E-state index contributed by atoms with van der Waals surface area (Å²) in [5, 5.41) is 9.21. The Hall–Kier alpha value is -0.900. The highest BCUT2D eigenvalue weighted by molar-refractivity contribution is 6.02. The SMILES string of the molecule is CC(C)(C)CC1CC(=O)N(O)C1=O. The molecule has 0 aromatic rings. The molecule has 1 atom stereocenters. The Morgan fingerprint density at radius 2 is 2.00 bits per heavy atom. The molecule has 1 aliphatic heterocycles. The first kappa shape index (κ1) is 10.2. The van der Waals surface area contributed by atoms with Crippen LogP contribution in [0.15, 0.2) is 0 Å². The Labute approximate surface area is 77.5 Å². The molecule has 1 heterocycles. The molecule has 0 aliphatic carbocycles. The molecule has 0 bridgehead atoms. The fraction of sp³-hybridized carbons (Fsp3) is 0.778. The van der Waals surface area contributed by atoms with Crippen molar-refractivity contribution in [2.24, 2.45) is 11.3 Å². The molecule has 0 aromatic heterocycles. The smallest absolute Gasteiger partial charge is 0.256 e. The second-order valence-corrected chi connectivity index (χ2v) is 4.71. The van der Waals surface area contributed by atoms with Crippen LogP contribution in [0, 0.1) is 11.3 Å². The van der Waals surface area contributed by atoms with Crippen LogP contribution in [0.4, 0.5) is 0 Å². The van der Waals surface area contributed by atoms with Gasteiger partial charge in [-0.25, -0.2) is 0 Å². The van der Waals surface area contributed by atoms with Gasteiger partial charge in [0.25, 0.3) is 11.8 Å². The van der Waals surface area contributed by atoms with Gasteiger partial charge in [-0.1, -0.05) is 20.8 Å². The molecule has 1 saturated heterocycles. The highest BCUT2D eigenvalue weighted by Crippen LogP contribution is 2.30. The van der Waals surface area contributed by atoms with Gasteiger partial charge < -0.3 is 0 Å². The summed E-state index contributed by atoms with van der Waals surface area (Å²) in [6.07, 6.45) is 0.779. The van der Waals surface area contributed by atoms with E-state index in [1.54, 1.807) is 0 Å². The second kappa shape index (κ2) is 3.10. The van der Waals surface area contributed by atoms with E-state index in [4.69, 9.17) is 5.21 Å². The second-order valence-electron chi connectivity index (χ2n) is 4.71. The van der Waals surface area contributed by atoms with Crippen LogP contribution in [0.3, 0.4) is 0 Å². The number of amides is 2. The van der Waals surface area contributed by atoms with E-state index < -0.39 is 11.8 Å². The Balaban J connectivity index is 2.65. The molecule has 2 amide bonds. The lowest BCUT2D eigenvalue weighted by Crippen LogP contribution is -2.27. The lowest BCUT2D eigenvalue weighted by molar-refractivity contribution is -0.172. The summed E-state index contributed by atoms with van der Waals surface area (Å²) >= 11 is 0. The van der Waals surface area contributed by atoms with Crippen molar-refractivity contribution in [2.45, 2.75) is 33.6 Å². The fourth-order valence-electron chi connectivity index (χ4n) is 1.58. The highest BCUT2D eigenvalue weighted by Gasteiger charge is 2.39. The van der Waals surface area contributed by atoms with E-state index in [1.165, 1.54) is 0 Å². The van der Waals surface area contributed by atoms with Crippen LogP contribution in [0.1, 0.15) is 33.6 Å². The van der Waals surface area contributed by atoms with E-state index in [0.29, 0.717) is 6.42 Å². The minimum absolute atomic E-state index is 0.00574. The third-order valence-corrected chi connectivity index (χ3v) is 2.07. The molecule has 4 heteroatoms. The Bertz CT molecular complexity index is 242.